The van der Waals surface area contributed by atoms with E-state index in [1.165, 1.54) is 6.08 Å². The second kappa shape index (κ2) is 9.10. The molecule has 0 saturated heterocycles. The number of carboxylic acid groups (broad SMARTS) is 1. The molecule has 4 aromatic rings. The molecule has 0 saturated carbocycles. The maximum atomic E-state index is 11.4. The van der Waals surface area contributed by atoms with E-state index in [2.05, 4.69) is 12.1 Å². The van der Waals surface area contributed by atoms with E-state index in [-0.39, 0.29) is 0 Å². The third-order valence-corrected chi connectivity index (χ3v) is 5.00. The maximum absolute atomic E-state index is 11.4. The van der Waals surface area contributed by atoms with Crippen LogP contribution in [0.4, 0.5) is 0 Å². The Hall–Kier alpha value is -3.85. The Morgan fingerprint density at radius 2 is 1.43 bits per heavy atom. The third kappa shape index (κ3) is 4.95. The maximum Gasteiger partial charge on any atom is 0.328 e. The molecule has 30 heavy (non-hydrogen) atoms. The lowest BCUT2D eigenvalue weighted by Crippen LogP contribution is -1.96. The molecule has 1 N–H and O–H groups in total. The van der Waals surface area contributed by atoms with Crippen molar-refractivity contribution in [1.82, 2.24) is 0 Å². The zero-order chi connectivity index (χ0) is 20.8. The average Bonchev–Trinajstić information content (AvgIpc) is 2.78. The molecule has 4 aromatic carbocycles. The second-order valence-corrected chi connectivity index (χ2v) is 7.13. The van der Waals surface area contributed by atoms with E-state index in [0.29, 0.717) is 6.42 Å². The van der Waals surface area contributed by atoms with Crippen molar-refractivity contribution < 1.29 is 14.6 Å². The Bertz CT molecular complexity index is 1180. The SMILES string of the molecule is O=C(O)/C=C(/CCc1ccc(Oc2ccccc2)cc1)c1ccc2ccccc2c1. The number of hydrogen-bond donors (Lipinski definition) is 1. The normalized spacial score (nSPS) is 11.4. The van der Waals surface area contributed by atoms with Crippen molar-refractivity contribution in [2.75, 3.05) is 0 Å². The van der Waals surface area contributed by atoms with Gasteiger partial charge in [-0.25, -0.2) is 4.79 Å². The molecule has 0 fully saturated rings. The summed E-state index contributed by atoms with van der Waals surface area (Å²) in [6.45, 7) is 0. The van der Waals surface area contributed by atoms with Gasteiger partial charge in [0.05, 0.1) is 0 Å². The number of ether oxygens (including phenoxy) is 1. The summed E-state index contributed by atoms with van der Waals surface area (Å²) in [5.41, 5.74) is 2.89. The van der Waals surface area contributed by atoms with Crippen LogP contribution in [0.1, 0.15) is 17.5 Å². The van der Waals surface area contributed by atoms with Crippen molar-refractivity contribution in [2.24, 2.45) is 0 Å². The molecule has 0 amide bonds. The van der Waals surface area contributed by atoms with E-state index in [9.17, 15) is 9.90 Å². The monoisotopic (exact) mass is 394 g/mol. The first-order valence-electron chi connectivity index (χ1n) is 9.92. The van der Waals surface area contributed by atoms with Gasteiger partial charge in [-0.3, -0.25) is 0 Å². The molecular formula is C27H22O3. The number of hydrogen-bond acceptors (Lipinski definition) is 2. The Morgan fingerprint density at radius 3 is 2.17 bits per heavy atom. The summed E-state index contributed by atoms with van der Waals surface area (Å²) in [6, 6.07) is 31.8. The minimum atomic E-state index is -0.926. The number of para-hydroxylation sites is 1. The number of carboxylic acids is 1. The molecule has 3 nitrogen and oxygen atoms in total. The van der Waals surface area contributed by atoms with E-state index in [0.717, 1.165) is 45.4 Å². The van der Waals surface area contributed by atoms with Gasteiger partial charge >= 0.3 is 5.97 Å². The van der Waals surface area contributed by atoms with E-state index >= 15 is 0 Å². The van der Waals surface area contributed by atoms with Gasteiger partial charge in [-0.2, -0.15) is 0 Å². The summed E-state index contributed by atoms with van der Waals surface area (Å²) in [5, 5.41) is 11.6. The molecule has 0 aliphatic heterocycles. The van der Waals surface area contributed by atoms with Crippen LogP contribution in [-0.2, 0) is 11.2 Å². The molecule has 0 aliphatic rings. The number of aryl methyl sites for hydroxylation is 1. The first kappa shape index (κ1) is 19.5. The van der Waals surface area contributed by atoms with Crippen LogP contribution in [0.5, 0.6) is 11.5 Å². The summed E-state index contributed by atoms with van der Waals surface area (Å²) in [4.78, 5) is 11.4. The van der Waals surface area contributed by atoms with Crippen LogP contribution in [-0.4, -0.2) is 11.1 Å². The molecule has 0 unspecified atom stereocenters. The van der Waals surface area contributed by atoms with E-state index in [4.69, 9.17) is 4.74 Å². The van der Waals surface area contributed by atoms with E-state index in [1.807, 2.05) is 84.9 Å². The van der Waals surface area contributed by atoms with Crippen LogP contribution in [0.15, 0.2) is 103 Å². The fourth-order valence-electron chi connectivity index (χ4n) is 3.47. The number of aliphatic carboxylic acids is 1. The standard InChI is InChI=1S/C27H22O3/c28-27(29)19-24(23-15-14-21-6-4-5-7-22(21)18-23)13-10-20-11-16-26(17-12-20)30-25-8-2-1-3-9-25/h1-9,11-12,14-19H,10,13H2,(H,28,29)/b24-19-. The van der Waals surface area contributed by atoms with Gasteiger partial charge in [0.15, 0.2) is 0 Å². The van der Waals surface area contributed by atoms with Gasteiger partial charge in [-0.1, -0.05) is 66.7 Å². The highest BCUT2D eigenvalue weighted by atomic mass is 16.5. The highest BCUT2D eigenvalue weighted by molar-refractivity contribution is 5.92. The molecule has 0 radical (unpaired) electrons. The molecule has 0 aliphatic carbocycles. The number of benzene rings is 4. The molecule has 4 rings (SSSR count). The smallest absolute Gasteiger partial charge is 0.328 e. The lowest BCUT2D eigenvalue weighted by Gasteiger charge is -2.10. The Labute approximate surface area is 175 Å². The van der Waals surface area contributed by atoms with Crippen molar-refractivity contribution in [2.45, 2.75) is 12.8 Å². The molecule has 3 heteroatoms. The van der Waals surface area contributed by atoms with Crippen molar-refractivity contribution in [1.29, 1.82) is 0 Å². The van der Waals surface area contributed by atoms with Crippen molar-refractivity contribution in [3.63, 3.8) is 0 Å². The minimum Gasteiger partial charge on any atom is -0.478 e. The number of allylic oxidation sites excluding steroid dienone is 1. The van der Waals surface area contributed by atoms with Crippen LogP contribution in [0, 0.1) is 0 Å². The van der Waals surface area contributed by atoms with Crippen LogP contribution >= 0.6 is 0 Å². The van der Waals surface area contributed by atoms with Gasteiger partial charge in [0.25, 0.3) is 0 Å². The summed E-state index contributed by atoms with van der Waals surface area (Å²) < 4.78 is 5.83. The van der Waals surface area contributed by atoms with Crippen LogP contribution in [0.2, 0.25) is 0 Å². The second-order valence-electron chi connectivity index (χ2n) is 7.13. The number of rotatable bonds is 7. The van der Waals surface area contributed by atoms with Gasteiger partial charge in [-0.15, -0.1) is 0 Å². The van der Waals surface area contributed by atoms with E-state index < -0.39 is 5.97 Å². The van der Waals surface area contributed by atoms with Crippen molar-refractivity contribution in [3.8, 4) is 11.5 Å². The zero-order valence-electron chi connectivity index (χ0n) is 16.5. The Kier molecular flexibility index (Phi) is 5.90. The zero-order valence-corrected chi connectivity index (χ0v) is 16.5. The predicted octanol–water partition coefficient (Wildman–Crippen LogP) is 6.73. The van der Waals surface area contributed by atoms with Gasteiger partial charge in [-0.05, 0) is 70.6 Å². The average molecular weight is 394 g/mol. The van der Waals surface area contributed by atoms with Gasteiger partial charge in [0, 0.05) is 6.08 Å². The first-order chi connectivity index (χ1) is 14.7. The molecule has 0 aromatic heterocycles. The Morgan fingerprint density at radius 1 is 0.767 bits per heavy atom. The summed E-state index contributed by atoms with van der Waals surface area (Å²) in [7, 11) is 0. The first-order valence-corrected chi connectivity index (χ1v) is 9.92. The van der Waals surface area contributed by atoms with Crippen LogP contribution in [0.3, 0.4) is 0 Å². The highest BCUT2D eigenvalue weighted by Crippen LogP contribution is 2.26. The lowest BCUT2D eigenvalue weighted by molar-refractivity contribution is -0.131. The van der Waals surface area contributed by atoms with Crippen molar-refractivity contribution >= 4 is 22.3 Å². The summed E-state index contributed by atoms with van der Waals surface area (Å²) in [5.74, 6) is 0.652. The number of carbonyl (C=O) groups is 1. The van der Waals surface area contributed by atoms with Gasteiger partial charge in [0.2, 0.25) is 0 Å². The lowest BCUT2D eigenvalue weighted by atomic mass is 9.96. The minimum absolute atomic E-state index is 0.642. The molecule has 0 heterocycles. The van der Waals surface area contributed by atoms with Gasteiger partial charge in [0.1, 0.15) is 11.5 Å². The van der Waals surface area contributed by atoms with Crippen LogP contribution < -0.4 is 4.74 Å². The molecule has 0 spiro atoms. The molecule has 148 valence electrons. The fraction of sp³-hybridized carbons (Fsp3) is 0.0741. The van der Waals surface area contributed by atoms with Crippen molar-refractivity contribution in [3.05, 3.63) is 114 Å². The predicted molar refractivity (Wildman–Crippen MR) is 121 cm³/mol. The molecular weight excluding hydrogens is 372 g/mol. The Balaban J connectivity index is 1.48. The fourth-order valence-corrected chi connectivity index (χ4v) is 3.47. The number of fused-ring (bicyclic) bond motifs is 1. The van der Waals surface area contributed by atoms with Crippen LogP contribution in [0.25, 0.3) is 16.3 Å². The van der Waals surface area contributed by atoms with Gasteiger partial charge < -0.3 is 9.84 Å². The summed E-state index contributed by atoms with van der Waals surface area (Å²) in [6.07, 6.45) is 2.71. The largest absolute Gasteiger partial charge is 0.478 e. The molecule has 0 atom stereocenters. The van der Waals surface area contributed by atoms with E-state index in [1.54, 1.807) is 0 Å². The summed E-state index contributed by atoms with van der Waals surface area (Å²) >= 11 is 0. The third-order valence-electron chi connectivity index (χ3n) is 5.00. The topological polar surface area (TPSA) is 46.5 Å². The molecule has 0 bridgehead atoms. The quantitative estimate of drug-likeness (QED) is 0.353. The highest BCUT2D eigenvalue weighted by Gasteiger charge is 2.07.